The Kier molecular flexibility index (Phi) is 8.66. The fraction of sp³-hybridized carbons (Fsp3) is 0.346. The van der Waals surface area contributed by atoms with Crippen LogP contribution in [0.5, 0.6) is 17.2 Å². The third kappa shape index (κ3) is 6.27. The van der Waals surface area contributed by atoms with Crippen molar-refractivity contribution in [2.24, 2.45) is 0 Å². The van der Waals surface area contributed by atoms with Gasteiger partial charge in [0.05, 0.1) is 12.2 Å². The Balaban J connectivity index is 1.91. The predicted molar refractivity (Wildman–Crippen MR) is 127 cm³/mol. The molecule has 1 aliphatic heterocycles. The molecule has 0 amide bonds. The van der Waals surface area contributed by atoms with Gasteiger partial charge < -0.3 is 40.1 Å². The van der Waals surface area contributed by atoms with Crippen LogP contribution < -0.4 is 4.74 Å². The van der Waals surface area contributed by atoms with Gasteiger partial charge >= 0.3 is 0 Å². The van der Waals surface area contributed by atoms with Crippen LogP contribution in [0.1, 0.15) is 35.3 Å². The normalized spacial score (nSPS) is 24.3. The van der Waals surface area contributed by atoms with Crippen molar-refractivity contribution >= 4 is 11.9 Å². The lowest BCUT2D eigenvalue weighted by Gasteiger charge is -2.39. The molecule has 1 fully saturated rings. The van der Waals surface area contributed by atoms with Gasteiger partial charge in [0.25, 0.3) is 0 Å². The molecule has 1 aliphatic rings. The van der Waals surface area contributed by atoms with Gasteiger partial charge in [-0.05, 0) is 56.2 Å². The van der Waals surface area contributed by atoms with Crippen LogP contribution >= 0.6 is 0 Å². The highest BCUT2D eigenvalue weighted by molar-refractivity contribution is 6.09. The molecule has 6 N–H and O–H groups in total. The summed E-state index contributed by atoms with van der Waals surface area (Å²) in [5.41, 5.74) is 1.92. The van der Waals surface area contributed by atoms with E-state index >= 15 is 0 Å². The highest BCUT2D eigenvalue weighted by Gasteiger charge is 2.45. The van der Waals surface area contributed by atoms with Crippen molar-refractivity contribution in [1.82, 2.24) is 0 Å². The first-order chi connectivity index (χ1) is 16.6. The van der Waals surface area contributed by atoms with Crippen LogP contribution in [-0.4, -0.2) is 73.7 Å². The number of benzene rings is 2. The molecule has 5 atom stereocenters. The number of aromatic hydroxyl groups is 2. The monoisotopic (exact) mass is 486 g/mol. The van der Waals surface area contributed by atoms with Gasteiger partial charge in [-0.2, -0.15) is 0 Å². The maximum absolute atomic E-state index is 12.8. The fourth-order valence-electron chi connectivity index (χ4n) is 3.57. The molecule has 1 heterocycles. The number of aliphatic hydroxyl groups excluding tert-OH is 4. The van der Waals surface area contributed by atoms with Gasteiger partial charge in [0.15, 0.2) is 5.78 Å². The smallest absolute Gasteiger partial charge is 0.229 e. The Morgan fingerprint density at radius 2 is 1.69 bits per heavy atom. The van der Waals surface area contributed by atoms with E-state index in [2.05, 4.69) is 0 Å². The van der Waals surface area contributed by atoms with Crippen LogP contribution in [-0.2, 0) is 11.2 Å². The quantitative estimate of drug-likeness (QED) is 0.186. The minimum absolute atomic E-state index is 0.0262. The molecule has 0 spiro atoms. The zero-order valence-electron chi connectivity index (χ0n) is 19.4. The largest absolute Gasteiger partial charge is 0.508 e. The molecule has 5 unspecified atom stereocenters. The number of rotatable bonds is 8. The summed E-state index contributed by atoms with van der Waals surface area (Å²) in [6.45, 7) is 3.12. The van der Waals surface area contributed by atoms with Crippen LogP contribution in [0.2, 0.25) is 0 Å². The average Bonchev–Trinajstić information content (AvgIpc) is 2.83. The molecule has 0 saturated carbocycles. The maximum Gasteiger partial charge on any atom is 0.229 e. The van der Waals surface area contributed by atoms with Crippen LogP contribution in [0, 0.1) is 0 Å². The molecule has 0 radical (unpaired) electrons. The Bertz CT molecular complexity index is 1080. The number of hydrogen-bond donors (Lipinski definition) is 6. The predicted octanol–water partition coefficient (Wildman–Crippen LogP) is 1.68. The number of carbonyl (C=O) groups is 1. The maximum atomic E-state index is 12.8. The highest BCUT2D eigenvalue weighted by atomic mass is 16.7. The number of hydrogen-bond acceptors (Lipinski definition) is 9. The summed E-state index contributed by atoms with van der Waals surface area (Å²) in [4.78, 5) is 12.8. The van der Waals surface area contributed by atoms with Gasteiger partial charge in [0.2, 0.25) is 6.29 Å². The van der Waals surface area contributed by atoms with E-state index in [1.807, 2.05) is 19.9 Å². The molecule has 0 bridgehead atoms. The van der Waals surface area contributed by atoms with Crippen LogP contribution in [0.4, 0.5) is 0 Å². The lowest BCUT2D eigenvalue weighted by Crippen LogP contribution is -2.60. The Morgan fingerprint density at radius 3 is 2.31 bits per heavy atom. The van der Waals surface area contributed by atoms with Gasteiger partial charge in [-0.3, -0.25) is 4.79 Å². The van der Waals surface area contributed by atoms with Crippen molar-refractivity contribution in [3.8, 4) is 17.2 Å². The Morgan fingerprint density at radius 1 is 1.00 bits per heavy atom. The standard InChI is InChI=1S/C26H30O9/c1-14(2)3-9-18-20(34-26-25(33)24(32)23(31)21(13-27)35-26)12-10-17(22(18)30)19(29)11-6-15-4-7-16(28)8-5-15/h3-8,10-12,21,23-28,30-33H,9,13H2,1-2H3. The van der Waals surface area contributed by atoms with E-state index in [1.54, 1.807) is 18.2 Å². The zero-order valence-corrected chi connectivity index (χ0v) is 19.4. The Labute approximate surface area is 202 Å². The number of phenols is 2. The Hall–Kier alpha value is -3.21. The van der Waals surface area contributed by atoms with Crippen molar-refractivity contribution in [2.75, 3.05) is 6.61 Å². The third-order valence-corrected chi connectivity index (χ3v) is 5.63. The second-order valence-corrected chi connectivity index (χ2v) is 8.53. The molecule has 2 aromatic rings. The van der Waals surface area contributed by atoms with Crippen molar-refractivity contribution in [1.29, 1.82) is 0 Å². The van der Waals surface area contributed by atoms with E-state index in [0.717, 1.165) is 5.57 Å². The molecule has 2 aromatic carbocycles. The molecular formula is C26H30O9. The van der Waals surface area contributed by atoms with Crippen molar-refractivity contribution < 1.29 is 44.9 Å². The molecule has 1 saturated heterocycles. The van der Waals surface area contributed by atoms with Crippen LogP contribution in [0.25, 0.3) is 6.08 Å². The van der Waals surface area contributed by atoms with Crippen molar-refractivity contribution in [2.45, 2.75) is 51.0 Å². The summed E-state index contributed by atoms with van der Waals surface area (Å²) < 4.78 is 11.1. The summed E-state index contributed by atoms with van der Waals surface area (Å²) >= 11 is 0. The first-order valence-electron chi connectivity index (χ1n) is 11.1. The molecular weight excluding hydrogens is 456 g/mol. The number of phenolic OH excluding ortho intramolecular Hbond substituents is 2. The topological polar surface area (TPSA) is 157 Å². The van der Waals surface area contributed by atoms with E-state index in [0.29, 0.717) is 5.56 Å². The second-order valence-electron chi connectivity index (χ2n) is 8.53. The summed E-state index contributed by atoms with van der Waals surface area (Å²) in [5, 5.41) is 60.0. The summed E-state index contributed by atoms with van der Waals surface area (Å²) in [7, 11) is 0. The molecule has 35 heavy (non-hydrogen) atoms. The van der Waals surface area contributed by atoms with Gasteiger partial charge in [-0.25, -0.2) is 0 Å². The first kappa shape index (κ1) is 26.4. The van der Waals surface area contributed by atoms with Crippen LogP contribution in [0.3, 0.4) is 0 Å². The first-order valence-corrected chi connectivity index (χ1v) is 11.1. The van der Waals surface area contributed by atoms with Crippen molar-refractivity contribution in [3.63, 3.8) is 0 Å². The van der Waals surface area contributed by atoms with E-state index in [1.165, 1.54) is 30.3 Å². The van der Waals surface area contributed by atoms with Crippen LogP contribution in [0.15, 0.2) is 54.1 Å². The SMILES string of the molecule is CC(C)=CCc1c(OC2OC(CO)C(O)C(O)C2O)ccc(C(=O)C=Cc2ccc(O)cc2)c1O. The van der Waals surface area contributed by atoms with Gasteiger partial charge in [0.1, 0.15) is 41.7 Å². The average molecular weight is 487 g/mol. The third-order valence-electron chi connectivity index (χ3n) is 5.63. The number of ether oxygens (including phenoxy) is 2. The second kappa shape index (κ2) is 11.5. The minimum atomic E-state index is -1.62. The number of carbonyl (C=O) groups excluding carboxylic acids is 1. The van der Waals surface area contributed by atoms with E-state index < -0.39 is 43.1 Å². The fourth-order valence-corrected chi connectivity index (χ4v) is 3.57. The number of allylic oxidation sites excluding steroid dienone is 3. The summed E-state index contributed by atoms with van der Waals surface area (Å²) in [6.07, 6.45) is -2.51. The lowest BCUT2D eigenvalue weighted by molar-refractivity contribution is -0.277. The summed E-state index contributed by atoms with van der Waals surface area (Å²) in [5.74, 6) is -0.577. The molecule has 3 rings (SSSR count). The van der Waals surface area contributed by atoms with Crippen molar-refractivity contribution in [3.05, 3.63) is 70.8 Å². The number of ketones is 1. The minimum Gasteiger partial charge on any atom is -0.508 e. The lowest BCUT2D eigenvalue weighted by atomic mass is 9.98. The zero-order chi connectivity index (χ0) is 25.7. The van der Waals surface area contributed by atoms with E-state index in [4.69, 9.17) is 9.47 Å². The molecule has 188 valence electrons. The summed E-state index contributed by atoms with van der Waals surface area (Å²) in [6, 6.07) is 9.06. The van der Waals surface area contributed by atoms with Gasteiger partial charge in [-0.1, -0.05) is 29.9 Å². The van der Waals surface area contributed by atoms with E-state index in [9.17, 15) is 35.4 Å². The van der Waals surface area contributed by atoms with Gasteiger partial charge in [0, 0.05) is 5.56 Å². The molecule has 9 nitrogen and oxygen atoms in total. The highest BCUT2D eigenvalue weighted by Crippen LogP contribution is 2.35. The van der Waals surface area contributed by atoms with Gasteiger partial charge in [-0.15, -0.1) is 0 Å². The molecule has 0 aliphatic carbocycles. The number of aliphatic hydroxyl groups is 4. The molecule has 9 heteroatoms. The molecule has 0 aromatic heterocycles. The van der Waals surface area contributed by atoms with E-state index in [-0.39, 0.29) is 34.8 Å².